The van der Waals surface area contributed by atoms with Crippen molar-refractivity contribution in [2.45, 2.75) is 32.9 Å². The van der Waals surface area contributed by atoms with E-state index in [4.69, 9.17) is 23.2 Å². The first-order valence-electron chi connectivity index (χ1n) is 5.57. The van der Waals surface area contributed by atoms with E-state index in [9.17, 15) is 0 Å². The van der Waals surface area contributed by atoms with Crippen LogP contribution in [0.4, 0.5) is 0 Å². The van der Waals surface area contributed by atoms with Crippen LogP contribution in [0.1, 0.15) is 32.8 Å². The molecule has 1 aliphatic heterocycles. The highest BCUT2D eigenvalue weighted by molar-refractivity contribution is 6.52. The van der Waals surface area contributed by atoms with Gasteiger partial charge in [0.25, 0.3) is 0 Å². The maximum Gasteiger partial charge on any atom is 0.148 e. The van der Waals surface area contributed by atoms with Gasteiger partial charge in [-0.2, -0.15) is 0 Å². The summed E-state index contributed by atoms with van der Waals surface area (Å²) in [7, 11) is 0. The summed E-state index contributed by atoms with van der Waals surface area (Å²) in [6, 6.07) is 5.44. The third kappa shape index (κ3) is 2.38. The lowest BCUT2D eigenvalue weighted by Gasteiger charge is -2.13. The number of nitrogens with zero attached hydrogens (tertiary/aromatic N) is 2. The molecule has 1 unspecified atom stereocenters. The summed E-state index contributed by atoms with van der Waals surface area (Å²) < 4.78 is 0. The molecule has 2 nitrogen and oxygen atoms in total. The summed E-state index contributed by atoms with van der Waals surface area (Å²) in [6.45, 7) is 6.06. The first-order chi connectivity index (χ1) is 7.95. The fourth-order valence-corrected chi connectivity index (χ4v) is 2.35. The van der Waals surface area contributed by atoms with Gasteiger partial charge in [0, 0.05) is 10.6 Å². The molecule has 1 aromatic rings. The first-order valence-corrected chi connectivity index (χ1v) is 6.33. The molecular formula is C13H14Cl2N2. The Balaban J connectivity index is 2.49. The van der Waals surface area contributed by atoms with E-state index in [0.29, 0.717) is 10.0 Å². The zero-order chi connectivity index (χ0) is 12.6. The van der Waals surface area contributed by atoms with Gasteiger partial charge in [-0.05, 0) is 38.5 Å². The molecular weight excluding hydrogens is 255 g/mol. The van der Waals surface area contributed by atoms with Crippen molar-refractivity contribution in [3.8, 4) is 0 Å². The van der Waals surface area contributed by atoms with E-state index in [2.05, 4.69) is 16.9 Å². The second-order valence-corrected chi connectivity index (χ2v) is 5.20. The second-order valence-electron chi connectivity index (χ2n) is 4.35. The van der Waals surface area contributed by atoms with E-state index in [-0.39, 0.29) is 5.66 Å². The number of benzene rings is 1. The van der Waals surface area contributed by atoms with Gasteiger partial charge in [0.15, 0.2) is 0 Å². The average molecular weight is 269 g/mol. The summed E-state index contributed by atoms with van der Waals surface area (Å²) in [6.07, 6.45) is 0.874. The Labute approximate surface area is 111 Å². The van der Waals surface area contributed by atoms with Gasteiger partial charge in [0.05, 0.1) is 16.4 Å². The second kappa shape index (κ2) is 4.43. The molecule has 1 aliphatic rings. The van der Waals surface area contributed by atoms with Gasteiger partial charge in [-0.15, -0.1) is 0 Å². The number of rotatable bonds is 2. The highest BCUT2D eigenvalue weighted by atomic mass is 35.5. The maximum atomic E-state index is 6.19. The molecule has 0 spiro atoms. The Morgan fingerprint density at radius 1 is 1.24 bits per heavy atom. The quantitative estimate of drug-likeness (QED) is 0.761. The van der Waals surface area contributed by atoms with Gasteiger partial charge in [0.2, 0.25) is 0 Å². The molecule has 2 rings (SSSR count). The van der Waals surface area contributed by atoms with Crippen molar-refractivity contribution in [1.29, 1.82) is 0 Å². The minimum absolute atomic E-state index is 0.345. The van der Waals surface area contributed by atoms with Crippen LogP contribution in [-0.4, -0.2) is 17.1 Å². The van der Waals surface area contributed by atoms with Crippen LogP contribution in [0.3, 0.4) is 0 Å². The van der Waals surface area contributed by atoms with Crippen molar-refractivity contribution in [2.75, 3.05) is 0 Å². The zero-order valence-electron chi connectivity index (χ0n) is 10.1. The Morgan fingerprint density at radius 3 is 2.47 bits per heavy atom. The van der Waals surface area contributed by atoms with Crippen LogP contribution in [0.5, 0.6) is 0 Å². The summed E-state index contributed by atoms with van der Waals surface area (Å²) in [5.74, 6) is 0. The highest BCUT2D eigenvalue weighted by Gasteiger charge is 2.29. The number of halogens is 2. The molecule has 0 aromatic heterocycles. The maximum absolute atomic E-state index is 6.19. The summed E-state index contributed by atoms with van der Waals surface area (Å²) in [5, 5.41) is 1.25. The predicted molar refractivity (Wildman–Crippen MR) is 74.8 cm³/mol. The lowest BCUT2D eigenvalue weighted by atomic mass is 10.1. The Kier molecular flexibility index (Phi) is 3.28. The lowest BCUT2D eigenvalue weighted by molar-refractivity contribution is 0.490. The van der Waals surface area contributed by atoms with Crippen LogP contribution in [0.25, 0.3) is 0 Å². The molecule has 0 radical (unpaired) electrons. The molecule has 1 atom stereocenters. The third-order valence-electron chi connectivity index (χ3n) is 2.96. The molecule has 0 aliphatic carbocycles. The number of hydrogen-bond donors (Lipinski definition) is 0. The normalized spacial score (nSPS) is 23.6. The van der Waals surface area contributed by atoms with Crippen molar-refractivity contribution in [2.24, 2.45) is 9.98 Å². The minimum atomic E-state index is -0.345. The van der Waals surface area contributed by atoms with Crippen molar-refractivity contribution in [3.63, 3.8) is 0 Å². The van der Waals surface area contributed by atoms with Crippen LogP contribution in [0.15, 0.2) is 28.2 Å². The summed E-state index contributed by atoms with van der Waals surface area (Å²) in [5.41, 5.74) is 2.35. The molecule has 1 aromatic carbocycles. The Hall–Kier alpha value is -0.860. The molecule has 0 saturated carbocycles. The van der Waals surface area contributed by atoms with E-state index in [1.54, 1.807) is 6.07 Å². The van der Waals surface area contributed by atoms with Gasteiger partial charge in [-0.1, -0.05) is 30.1 Å². The topological polar surface area (TPSA) is 24.7 Å². The van der Waals surface area contributed by atoms with Crippen LogP contribution in [0.2, 0.25) is 10.0 Å². The van der Waals surface area contributed by atoms with Crippen LogP contribution in [0, 0.1) is 0 Å². The van der Waals surface area contributed by atoms with Crippen LogP contribution < -0.4 is 0 Å². The number of aliphatic imine (C=N–C) groups is 2. The monoisotopic (exact) mass is 268 g/mol. The fourth-order valence-electron chi connectivity index (χ4n) is 1.86. The van der Waals surface area contributed by atoms with E-state index in [0.717, 1.165) is 23.4 Å². The Morgan fingerprint density at radius 2 is 1.94 bits per heavy atom. The van der Waals surface area contributed by atoms with Gasteiger partial charge in [0.1, 0.15) is 5.66 Å². The largest absolute Gasteiger partial charge is 0.258 e. The molecule has 90 valence electrons. The van der Waals surface area contributed by atoms with E-state index in [1.165, 1.54) is 0 Å². The zero-order valence-corrected chi connectivity index (χ0v) is 11.6. The van der Waals surface area contributed by atoms with Gasteiger partial charge in [-0.3, -0.25) is 9.98 Å². The fraction of sp³-hybridized carbons (Fsp3) is 0.385. The van der Waals surface area contributed by atoms with Crippen LogP contribution in [-0.2, 0) is 0 Å². The lowest BCUT2D eigenvalue weighted by Crippen LogP contribution is -2.14. The Bertz CT molecular complexity index is 520. The van der Waals surface area contributed by atoms with Gasteiger partial charge in [-0.25, -0.2) is 0 Å². The van der Waals surface area contributed by atoms with Gasteiger partial charge >= 0.3 is 0 Å². The molecule has 0 amide bonds. The standard InChI is InChI=1S/C13H14Cl2N2/c1-4-13(3)16-8(2)12(17-13)10-6-5-9(14)7-11(10)15/h5-7H,4H2,1-3H3. The van der Waals surface area contributed by atoms with E-state index >= 15 is 0 Å². The first kappa shape index (κ1) is 12.6. The summed E-state index contributed by atoms with van der Waals surface area (Å²) in [4.78, 5) is 9.25. The molecule has 1 heterocycles. The van der Waals surface area contributed by atoms with Gasteiger partial charge < -0.3 is 0 Å². The predicted octanol–water partition coefficient (Wildman–Crippen LogP) is 4.38. The third-order valence-corrected chi connectivity index (χ3v) is 3.51. The SMILES string of the molecule is CCC1(C)N=C(C)C(c2ccc(Cl)cc2Cl)=N1. The minimum Gasteiger partial charge on any atom is -0.258 e. The molecule has 0 fully saturated rings. The average Bonchev–Trinajstić information content (AvgIpc) is 2.55. The number of hydrogen-bond acceptors (Lipinski definition) is 2. The van der Waals surface area contributed by atoms with E-state index in [1.807, 2.05) is 26.0 Å². The van der Waals surface area contributed by atoms with Crippen molar-refractivity contribution in [3.05, 3.63) is 33.8 Å². The summed E-state index contributed by atoms with van der Waals surface area (Å²) >= 11 is 12.1. The molecule has 17 heavy (non-hydrogen) atoms. The smallest absolute Gasteiger partial charge is 0.148 e. The molecule has 0 bridgehead atoms. The molecule has 0 saturated heterocycles. The van der Waals surface area contributed by atoms with Crippen molar-refractivity contribution >= 4 is 34.6 Å². The highest BCUT2D eigenvalue weighted by Crippen LogP contribution is 2.29. The van der Waals surface area contributed by atoms with Crippen molar-refractivity contribution in [1.82, 2.24) is 0 Å². The molecule has 0 N–H and O–H groups in total. The molecule has 4 heteroatoms. The van der Waals surface area contributed by atoms with E-state index < -0.39 is 0 Å². The van der Waals surface area contributed by atoms with Crippen LogP contribution >= 0.6 is 23.2 Å². The van der Waals surface area contributed by atoms with Crippen molar-refractivity contribution < 1.29 is 0 Å².